The molecule has 1 amide bonds. The Morgan fingerprint density at radius 1 is 1.13 bits per heavy atom. The smallest absolute Gasteiger partial charge is 0.390 e. The number of aliphatic hydroxyl groups is 1. The Balaban J connectivity index is 1.60. The molecule has 0 spiro atoms. The van der Waals surface area contributed by atoms with E-state index in [2.05, 4.69) is 6.58 Å². The van der Waals surface area contributed by atoms with Crippen LogP contribution in [0.2, 0.25) is 0 Å². The Bertz CT molecular complexity index is 686. The molecule has 2 bridgehead atoms. The molecule has 3 aliphatic carbocycles. The number of hydrogen-bond acceptors (Lipinski definition) is 6. The monoisotopic (exact) mass is 457 g/mol. The normalized spacial score (nSPS) is 33.8. The molecule has 0 radical (unpaired) electrons. The minimum Gasteiger partial charge on any atom is -0.390 e. The van der Waals surface area contributed by atoms with Gasteiger partial charge in [-0.05, 0) is 62.2 Å². The van der Waals surface area contributed by atoms with E-state index >= 15 is 0 Å². The van der Waals surface area contributed by atoms with Gasteiger partial charge in [0.05, 0.1) is 25.4 Å². The minimum absolute atomic E-state index is 0.0240. The van der Waals surface area contributed by atoms with E-state index in [0.29, 0.717) is 43.1 Å². The van der Waals surface area contributed by atoms with Gasteiger partial charge in [0.15, 0.2) is 0 Å². The van der Waals surface area contributed by atoms with Gasteiger partial charge in [-0.25, -0.2) is 4.57 Å². The standard InChI is InChI=1S/C23H40NO6P/c1-6-8-10-28-31(27,29-11-9-7-2)30-22-19-16-12-17(14-24(5)23(26)15(3)4)18(13-16)20(19)21(22)25/h16-22,25H,3,6-14H2,1-2,4-5H3. The SMILES string of the molecule is C=C(C)C(=O)N(C)CC1CC2CC1C1C(O)C(OP(=O)(OCCCC)OCCCC)C21. The molecule has 0 aromatic heterocycles. The van der Waals surface area contributed by atoms with Gasteiger partial charge in [0.2, 0.25) is 5.91 Å². The van der Waals surface area contributed by atoms with Gasteiger partial charge in [-0.3, -0.25) is 18.4 Å². The summed E-state index contributed by atoms with van der Waals surface area (Å²) in [6.07, 6.45) is 4.30. The average molecular weight is 458 g/mol. The molecule has 7 atom stereocenters. The molecule has 0 heterocycles. The third kappa shape index (κ3) is 5.27. The van der Waals surface area contributed by atoms with E-state index in [-0.39, 0.29) is 17.7 Å². The van der Waals surface area contributed by atoms with Gasteiger partial charge < -0.3 is 10.0 Å². The molecule has 1 N–H and O–H groups in total. The third-order valence-corrected chi connectivity index (χ3v) is 8.84. The molecule has 7 nitrogen and oxygen atoms in total. The summed E-state index contributed by atoms with van der Waals surface area (Å²) in [6.45, 7) is 10.9. The molecule has 31 heavy (non-hydrogen) atoms. The lowest BCUT2D eigenvalue weighted by atomic mass is 9.59. The Hall–Kier alpha value is -0.720. The number of aliphatic hydroxyl groups excluding tert-OH is 1. The molecule has 0 saturated heterocycles. The summed E-state index contributed by atoms with van der Waals surface area (Å²) in [5.41, 5.74) is 0.544. The Labute approximate surface area is 187 Å². The van der Waals surface area contributed by atoms with Crippen molar-refractivity contribution in [2.75, 3.05) is 26.8 Å². The van der Waals surface area contributed by atoms with Crippen molar-refractivity contribution in [3.05, 3.63) is 12.2 Å². The Morgan fingerprint density at radius 3 is 2.29 bits per heavy atom. The highest BCUT2D eigenvalue weighted by molar-refractivity contribution is 7.48. The highest BCUT2D eigenvalue weighted by atomic mass is 31.2. The van der Waals surface area contributed by atoms with Crippen LogP contribution in [0, 0.1) is 29.6 Å². The zero-order valence-electron chi connectivity index (χ0n) is 19.5. The average Bonchev–Trinajstić information content (AvgIpc) is 3.27. The molecule has 178 valence electrons. The number of hydrogen-bond donors (Lipinski definition) is 1. The molecule has 8 heteroatoms. The van der Waals surface area contributed by atoms with Crippen LogP contribution in [0.5, 0.6) is 0 Å². The largest absolute Gasteiger partial charge is 0.475 e. The fourth-order valence-electron chi connectivity index (χ4n) is 5.85. The summed E-state index contributed by atoms with van der Waals surface area (Å²) in [4.78, 5) is 13.9. The molecule has 3 fully saturated rings. The van der Waals surface area contributed by atoms with Crippen LogP contribution in [0.1, 0.15) is 59.3 Å². The van der Waals surface area contributed by atoms with Crippen molar-refractivity contribution in [2.45, 2.75) is 71.5 Å². The second-order valence-corrected chi connectivity index (χ2v) is 11.3. The summed E-state index contributed by atoms with van der Waals surface area (Å²) in [5, 5.41) is 10.9. The van der Waals surface area contributed by atoms with Gasteiger partial charge in [0, 0.05) is 19.2 Å². The van der Waals surface area contributed by atoms with E-state index in [1.807, 2.05) is 20.9 Å². The lowest BCUT2D eigenvalue weighted by Gasteiger charge is -2.53. The number of phosphoric acid groups is 1. The zero-order chi connectivity index (χ0) is 22.8. The first-order chi connectivity index (χ1) is 14.7. The van der Waals surface area contributed by atoms with Crippen molar-refractivity contribution in [1.29, 1.82) is 0 Å². The first-order valence-corrected chi connectivity index (χ1v) is 13.3. The summed E-state index contributed by atoms with van der Waals surface area (Å²) in [5.74, 6) is 1.47. The number of likely N-dealkylation sites (N-methyl/N-ethyl adjacent to an activating group) is 1. The van der Waals surface area contributed by atoms with Gasteiger partial charge in [0.25, 0.3) is 0 Å². The van der Waals surface area contributed by atoms with Crippen LogP contribution < -0.4 is 0 Å². The maximum atomic E-state index is 13.2. The number of nitrogens with zero attached hydrogens (tertiary/aromatic N) is 1. The molecule has 3 saturated carbocycles. The van der Waals surface area contributed by atoms with Crippen LogP contribution in [0.4, 0.5) is 0 Å². The summed E-state index contributed by atoms with van der Waals surface area (Å²) in [7, 11) is -1.87. The van der Waals surface area contributed by atoms with E-state index in [0.717, 1.165) is 38.5 Å². The minimum atomic E-state index is -3.69. The number of phosphoric ester groups is 1. The number of amides is 1. The van der Waals surface area contributed by atoms with Crippen LogP contribution in [-0.4, -0.2) is 54.9 Å². The quantitative estimate of drug-likeness (QED) is 0.251. The first kappa shape index (κ1) is 24.9. The fourth-order valence-corrected chi connectivity index (χ4v) is 7.31. The molecule has 3 aliphatic rings. The highest BCUT2D eigenvalue weighted by Crippen LogP contribution is 2.67. The summed E-state index contributed by atoms with van der Waals surface area (Å²) < 4.78 is 30.3. The van der Waals surface area contributed by atoms with Crippen LogP contribution >= 0.6 is 7.82 Å². The van der Waals surface area contributed by atoms with Crippen molar-refractivity contribution >= 4 is 13.7 Å². The Kier molecular flexibility index (Phi) is 8.42. The maximum Gasteiger partial charge on any atom is 0.475 e. The van der Waals surface area contributed by atoms with Crippen LogP contribution in [-0.2, 0) is 22.9 Å². The van der Waals surface area contributed by atoms with Gasteiger partial charge in [-0.15, -0.1) is 0 Å². The van der Waals surface area contributed by atoms with Crippen molar-refractivity contribution < 1.29 is 28.0 Å². The topological polar surface area (TPSA) is 85.3 Å². The zero-order valence-corrected chi connectivity index (χ0v) is 20.4. The van der Waals surface area contributed by atoms with Crippen molar-refractivity contribution in [3.63, 3.8) is 0 Å². The predicted molar refractivity (Wildman–Crippen MR) is 119 cm³/mol. The van der Waals surface area contributed by atoms with Crippen molar-refractivity contribution in [2.24, 2.45) is 29.6 Å². The van der Waals surface area contributed by atoms with Crippen molar-refractivity contribution in [1.82, 2.24) is 4.90 Å². The molecular formula is C23H40NO6P. The second kappa shape index (κ2) is 10.5. The summed E-state index contributed by atoms with van der Waals surface area (Å²) >= 11 is 0. The van der Waals surface area contributed by atoms with Crippen molar-refractivity contribution in [3.8, 4) is 0 Å². The number of carbonyl (C=O) groups is 1. The van der Waals surface area contributed by atoms with Gasteiger partial charge in [0.1, 0.15) is 0 Å². The number of unbranched alkanes of at least 4 members (excludes halogenated alkanes) is 2. The second-order valence-electron chi connectivity index (χ2n) is 9.66. The van der Waals surface area contributed by atoms with E-state index in [9.17, 15) is 14.5 Å². The molecule has 0 aromatic rings. The van der Waals surface area contributed by atoms with Crippen LogP contribution in [0.15, 0.2) is 12.2 Å². The van der Waals surface area contributed by atoms with Crippen LogP contribution in [0.25, 0.3) is 0 Å². The molecule has 7 unspecified atom stereocenters. The van der Waals surface area contributed by atoms with E-state index in [1.54, 1.807) is 11.8 Å². The highest BCUT2D eigenvalue weighted by Gasteiger charge is 2.67. The summed E-state index contributed by atoms with van der Waals surface area (Å²) in [6, 6.07) is 0. The number of carbonyl (C=O) groups excluding carboxylic acids is 1. The lowest BCUT2D eigenvalue weighted by Crippen LogP contribution is -2.60. The molecule has 0 aliphatic heterocycles. The van der Waals surface area contributed by atoms with Gasteiger partial charge in [-0.2, -0.15) is 0 Å². The van der Waals surface area contributed by atoms with E-state index < -0.39 is 20.0 Å². The molecular weight excluding hydrogens is 417 g/mol. The number of rotatable bonds is 13. The Morgan fingerprint density at radius 2 is 1.74 bits per heavy atom. The van der Waals surface area contributed by atoms with Crippen LogP contribution in [0.3, 0.4) is 0 Å². The van der Waals surface area contributed by atoms with E-state index in [1.165, 1.54) is 0 Å². The molecule has 0 aromatic carbocycles. The number of fused-ring (bicyclic) bond motifs is 5. The first-order valence-electron chi connectivity index (χ1n) is 11.9. The predicted octanol–water partition coefficient (Wildman–Crippen LogP) is 4.41. The molecule has 3 rings (SSSR count). The van der Waals surface area contributed by atoms with E-state index in [4.69, 9.17) is 13.6 Å². The third-order valence-electron chi connectivity index (χ3n) is 7.34. The maximum absolute atomic E-state index is 13.2. The fraction of sp³-hybridized carbons (Fsp3) is 0.870. The lowest BCUT2D eigenvalue weighted by molar-refractivity contribution is -0.178. The van der Waals surface area contributed by atoms with Gasteiger partial charge in [-0.1, -0.05) is 33.3 Å². The van der Waals surface area contributed by atoms with Gasteiger partial charge >= 0.3 is 7.82 Å².